The number of ether oxygens (including phenoxy) is 2. The fraction of sp³-hybridized carbons (Fsp3) is 0.480. The lowest BCUT2D eigenvalue weighted by Crippen LogP contribution is -2.46. The second-order valence-corrected chi connectivity index (χ2v) is 10.3. The number of nitriles is 1. The highest BCUT2D eigenvalue weighted by molar-refractivity contribution is 7.17. The van der Waals surface area contributed by atoms with Crippen LogP contribution in [0.4, 0.5) is 5.13 Å². The van der Waals surface area contributed by atoms with Crippen LogP contribution in [-0.2, 0) is 16.0 Å². The molecule has 4 heterocycles. The molecule has 11 nitrogen and oxygen atoms in total. The van der Waals surface area contributed by atoms with Crippen LogP contribution < -0.4 is 4.90 Å². The van der Waals surface area contributed by atoms with E-state index in [0.29, 0.717) is 61.6 Å². The van der Waals surface area contributed by atoms with Crippen LogP contribution in [0.1, 0.15) is 51.2 Å². The average Bonchev–Trinajstić information content (AvgIpc) is 3.61. The topological polar surface area (TPSA) is 146 Å². The van der Waals surface area contributed by atoms with Crippen molar-refractivity contribution in [3.8, 4) is 17.6 Å². The van der Waals surface area contributed by atoms with Crippen molar-refractivity contribution in [2.24, 2.45) is 5.92 Å². The summed E-state index contributed by atoms with van der Waals surface area (Å²) in [7, 11) is 1.60. The highest BCUT2D eigenvalue weighted by atomic mass is 35.5. The van der Waals surface area contributed by atoms with Gasteiger partial charge in [-0.05, 0) is 26.2 Å². The number of aromatic nitrogens is 4. The molecule has 0 saturated carbocycles. The van der Waals surface area contributed by atoms with E-state index in [2.05, 4.69) is 9.97 Å². The molecule has 0 aliphatic carbocycles. The van der Waals surface area contributed by atoms with E-state index in [0.717, 1.165) is 11.3 Å². The number of aryl methyl sites for hydroxylation is 1. The second kappa shape index (κ2) is 12.1. The second-order valence-electron chi connectivity index (χ2n) is 8.96. The molecule has 202 valence electrons. The van der Waals surface area contributed by atoms with Crippen molar-refractivity contribution in [3.63, 3.8) is 0 Å². The molecule has 2 N–H and O–H groups in total. The molecule has 0 spiro atoms. The number of piperidine rings is 1. The van der Waals surface area contributed by atoms with E-state index < -0.39 is 5.97 Å². The number of Topliss-reactive ketones (excluding diaryl/α,β-unsaturated/α-hetero) is 1. The number of nitrogens with zero attached hydrogens (tertiary/aromatic N) is 5. The third-order valence-electron chi connectivity index (χ3n) is 6.57. The number of hydrogen-bond acceptors (Lipinski definition) is 9. The molecule has 3 aromatic rings. The smallest absolute Gasteiger partial charge is 0.348 e. The number of imidazole rings is 1. The fourth-order valence-electron chi connectivity index (χ4n) is 4.67. The quantitative estimate of drug-likeness (QED) is 0.332. The zero-order valence-corrected chi connectivity index (χ0v) is 22.9. The molecule has 4 rings (SSSR count). The molecule has 2 atom stereocenters. The molecule has 0 amide bonds. The Kier molecular flexibility index (Phi) is 8.83. The molecule has 3 aromatic heterocycles. The summed E-state index contributed by atoms with van der Waals surface area (Å²) >= 11 is 7.28. The van der Waals surface area contributed by atoms with Gasteiger partial charge in [0.2, 0.25) is 0 Å². The Morgan fingerprint density at radius 2 is 2.21 bits per heavy atom. The van der Waals surface area contributed by atoms with Crippen LogP contribution in [0.25, 0.3) is 11.5 Å². The zero-order valence-electron chi connectivity index (χ0n) is 21.4. The van der Waals surface area contributed by atoms with E-state index in [-0.39, 0.29) is 45.4 Å². The summed E-state index contributed by atoms with van der Waals surface area (Å²) < 4.78 is 13.0. The van der Waals surface area contributed by atoms with Crippen molar-refractivity contribution in [2.45, 2.75) is 39.3 Å². The van der Waals surface area contributed by atoms with Crippen molar-refractivity contribution in [1.82, 2.24) is 19.5 Å². The number of carbonyl (C=O) groups is 2. The number of nitrogens with one attached hydrogen (secondary N) is 1. The summed E-state index contributed by atoms with van der Waals surface area (Å²) in [6.07, 6.45) is 3.93. The van der Waals surface area contributed by atoms with Gasteiger partial charge < -0.3 is 29.0 Å². The maximum atomic E-state index is 13.1. The Morgan fingerprint density at radius 1 is 1.42 bits per heavy atom. The first kappa shape index (κ1) is 27.8. The van der Waals surface area contributed by atoms with Gasteiger partial charge in [-0.1, -0.05) is 22.9 Å². The molecule has 13 heteroatoms. The van der Waals surface area contributed by atoms with Crippen molar-refractivity contribution < 1.29 is 24.2 Å². The van der Waals surface area contributed by atoms with Gasteiger partial charge in [-0.15, -0.1) is 0 Å². The molecule has 0 aromatic carbocycles. The lowest BCUT2D eigenvalue weighted by molar-refractivity contribution is 0.0103. The number of anilines is 1. The highest BCUT2D eigenvalue weighted by Gasteiger charge is 2.35. The number of halogens is 1. The number of carboxylic acids is 1. The fourth-order valence-corrected chi connectivity index (χ4v) is 5.79. The van der Waals surface area contributed by atoms with Gasteiger partial charge in [0.25, 0.3) is 0 Å². The Bertz CT molecular complexity index is 1360. The van der Waals surface area contributed by atoms with Gasteiger partial charge in [-0.2, -0.15) is 5.26 Å². The van der Waals surface area contributed by atoms with Gasteiger partial charge in [0.1, 0.15) is 22.3 Å². The van der Waals surface area contributed by atoms with Crippen LogP contribution in [0.3, 0.4) is 0 Å². The maximum Gasteiger partial charge on any atom is 0.348 e. The number of ketones is 1. The molecule has 1 saturated heterocycles. The highest BCUT2D eigenvalue weighted by Crippen LogP contribution is 2.36. The maximum absolute atomic E-state index is 13.1. The van der Waals surface area contributed by atoms with Gasteiger partial charge in [0, 0.05) is 57.9 Å². The standard InChI is InChI=1S/C25H29ClN6O5S/c1-4-37-18-13-32(7-5-15(18)11-17(33)20-16(12-27)19(26)14(2)29-20)25-30-21(22(38-25)24(34)35)23-28-6-8-31(23)9-10-36-3/h6,8,15,18,29H,4-5,7,9-11,13H2,1-3H3,(H,34,35)/t15-,18-/m0/s1. The summed E-state index contributed by atoms with van der Waals surface area (Å²) in [5.74, 6) is -0.872. The van der Waals surface area contributed by atoms with Crippen LogP contribution in [0, 0.1) is 24.2 Å². The molecule has 1 fully saturated rings. The normalized spacial score (nSPS) is 17.5. The number of carbonyl (C=O) groups excluding carboxylic acids is 1. The van der Waals surface area contributed by atoms with Crippen LogP contribution in [0.2, 0.25) is 5.02 Å². The zero-order chi connectivity index (χ0) is 27.4. The van der Waals surface area contributed by atoms with E-state index in [1.165, 1.54) is 0 Å². The molecule has 0 radical (unpaired) electrons. The third kappa shape index (κ3) is 5.61. The first-order valence-electron chi connectivity index (χ1n) is 12.2. The van der Waals surface area contributed by atoms with Crippen LogP contribution in [0.5, 0.6) is 0 Å². The molecule has 1 aliphatic heterocycles. The monoisotopic (exact) mass is 560 g/mol. The molecular weight excluding hydrogens is 532 g/mol. The first-order chi connectivity index (χ1) is 18.3. The van der Waals surface area contributed by atoms with E-state index in [4.69, 9.17) is 26.1 Å². The van der Waals surface area contributed by atoms with Gasteiger partial charge in [-0.3, -0.25) is 4.79 Å². The number of aromatic amines is 1. The Hall–Kier alpha value is -3.24. The van der Waals surface area contributed by atoms with Gasteiger partial charge in [0.05, 0.1) is 23.3 Å². The minimum absolute atomic E-state index is 0.0843. The number of aromatic carboxylic acids is 1. The van der Waals surface area contributed by atoms with E-state index in [1.807, 2.05) is 22.5 Å². The summed E-state index contributed by atoms with van der Waals surface area (Å²) in [6, 6.07) is 2.02. The lowest BCUT2D eigenvalue weighted by Gasteiger charge is -2.38. The summed E-state index contributed by atoms with van der Waals surface area (Å²) in [6.45, 7) is 6.06. The van der Waals surface area contributed by atoms with E-state index in [9.17, 15) is 20.0 Å². The van der Waals surface area contributed by atoms with E-state index in [1.54, 1.807) is 26.4 Å². The van der Waals surface area contributed by atoms with Crippen molar-refractivity contribution in [1.29, 1.82) is 5.26 Å². The van der Waals surface area contributed by atoms with Gasteiger partial charge >= 0.3 is 5.97 Å². The van der Waals surface area contributed by atoms with Crippen molar-refractivity contribution in [3.05, 3.63) is 39.2 Å². The predicted molar refractivity (Wildman–Crippen MR) is 142 cm³/mol. The van der Waals surface area contributed by atoms with Crippen molar-refractivity contribution in [2.75, 3.05) is 38.3 Å². The molecular formula is C25H29ClN6O5S. The molecule has 0 bridgehead atoms. The first-order valence-corrected chi connectivity index (χ1v) is 13.4. The van der Waals surface area contributed by atoms with Crippen LogP contribution in [0.15, 0.2) is 12.4 Å². The predicted octanol–water partition coefficient (Wildman–Crippen LogP) is 4.02. The Balaban J connectivity index is 1.55. The van der Waals surface area contributed by atoms with Gasteiger partial charge in [-0.25, -0.2) is 14.8 Å². The van der Waals surface area contributed by atoms with Crippen molar-refractivity contribution >= 4 is 39.8 Å². The summed E-state index contributed by atoms with van der Waals surface area (Å²) in [5, 5.41) is 20.2. The number of rotatable bonds is 11. The molecule has 38 heavy (non-hydrogen) atoms. The SMILES string of the molecule is CCO[C@H]1CN(c2nc(-c3nccn3CCOC)c(C(=O)O)s2)CC[C@H]1CC(=O)c1[nH]c(C)c(Cl)c1C#N. The molecule has 0 unspecified atom stereocenters. The van der Waals surface area contributed by atoms with Crippen LogP contribution >= 0.6 is 22.9 Å². The number of hydrogen-bond donors (Lipinski definition) is 2. The lowest BCUT2D eigenvalue weighted by atomic mass is 9.88. The number of H-pyrrole nitrogens is 1. The van der Waals surface area contributed by atoms with Gasteiger partial charge in [0.15, 0.2) is 16.7 Å². The number of carboxylic acid groups (broad SMARTS) is 1. The minimum Gasteiger partial charge on any atom is -0.477 e. The summed E-state index contributed by atoms with van der Waals surface area (Å²) in [5.41, 5.74) is 1.29. The largest absolute Gasteiger partial charge is 0.477 e. The third-order valence-corrected chi connectivity index (χ3v) is 8.15. The number of methoxy groups -OCH3 is 1. The Labute approximate surface area is 229 Å². The number of thiazole rings is 1. The minimum atomic E-state index is -1.07. The summed E-state index contributed by atoms with van der Waals surface area (Å²) in [4.78, 5) is 39.3. The average molecular weight is 561 g/mol. The van der Waals surface area contributed by atoms with Crippen LogP contribution in [-0.4, -0.2) is 75.9 Å². The molecule has 1 aliphatic rings. The van der Waals surface area contributed by atoms with E-state index >= 15 is 0 Å². The Morgan fingerprint density at radius 3 is 2.89 bits per heavy atom.